The number of halogens is 1. The number of hydrogen-bond donors (Lipinski definition) is 0. The van der Waals surface area contributed by atoms with Crippen molar-refractivity contribution in [3.8, 4) is 11.8 Å². The summed E-state index contributed by atoms with van der Waals surface area (Å²) in [5.41, 5.74) is 2.53. The first-order valence-electron chi connectivity index (χ1n) is 5.76. The topological polar surface area (TPSA) is 47.9 Å². The normalized spacial score (nSPS) is 10.6. The van der Waals surface area contributed by atoms with E-state index < -0.39 is 0 Å². The predicted octanol–water partition coefficient (Wildman–Crippen LogP) is 3.89. The predicted molar refractivity (Wildman–Crippen MR) is 76.3 cm³/mol. The van der Waals surface area contributed by atoms with Crippen LogP contribution in [0, 0.1) is 6.92 Å². The Labute approximate surface area is 118 Å². The monoisotopic (exact) mass is 315 g/mol. The summed E-state index contributed by atoms with van der Waals surface area (Å²) in [6, 6.07) is 13.6. The first kappa shape index (κ1) is 12.0. The van der Waals surface area contributed by atoms with E-state index in [1.165, 1.54) is 0 Å². The SMILES string of the molecule is Cc1ccc(Br)cc1Oc1nnc2ccccc2n1. The summed E-state index contributed by atoms with van der Waals surface area (Å²) in [5, 5.41) is 8.05. The average Bonchev–Trinajstić information content (AvgIpc) is 2.43. The molecule has 2 aromatic carbocycles. The van der Waals surface area contributed by atoms with E-state index in [0.29, 0.717) is 5.75 Å². The molecular formula is C14H10BrN3O. The lowest BCUT2D eigenvalue weighted by molar-refractivity contribution is 0.433. The van der Waals surface area contributed by atoms with E-state index in [1.807, 2.05) is 49.4 Å². The molecule has 0 saturated heterocycles. The largest absolute Gasteiger partial charge is 0.423 e. The Bertz CT molecular complexity index is 746. The van der Waals surface area contributed by atoms with Crippen LogP contribution in [-0.2, 0) is 0 Å². The molecule has 0 atom stereocenters. The minimum atomic E-state index is 0.250. The Morgan fingerprint density at radius 2 is 1.79 bits per heavy atom. The average molecular weight is 316 g/mol. The number of fused-ring (bicyclic) bond motifs is 1. The Hall–Kier alpha value is -2.01. The minimum Gasteiger partial charge on any atom is -0.423 e. The van der Waals surface area contributed by atoms with E-state index in [2.05, 4.69) is 31.1 Å². The van der Waals surface area contributed by atoms with Gasteiger partial charge < -0.3 is 4.74 Å². The first-order chi connectivity index (χ1) is 9.22. The second kappa shape index (κ2) is 4.93. The van der Waals surface area contributed by atoms with Crippen molar-refractivity contribution in [2.45, 2.75) is 6.92 Å². The zero-order valence-electron chi connectivity index (χ0n) is 10.2. The highest BCUT2D eigenvalue weighted by molar-refractivity contribution is 9.10. The summed E-state index contributed by atoms with van der Waals surface area (Å²) in [7, 11) is 0. The maximum atomic E-state index is 5.68. The number of aromatic nitrogens is 3. The molecule has 94 valence electrons. The lowest BCUT2D eigenvalue weighted by atomic mass is 10.2. The van der Waals surface area contributed by atoms with Gasteiger partial charge in [-0.25, -0.2) is 0 Å². The van der Waals surface area contributed by atoms with Crippen LogP contribution in [0.25, 0.3) is 11.0 Å². The number of rotatable bonds is 2. The van der Waals surface area contributed by atoms with Gasteiger partial charge in [-0.15, -0.1) is 5.10 Å². The van der Waals surface area contributed by atoms with Crippen LogP contribution in [0.4, 0.5) is 0 Å². The van der Waals surface area contributed by atoms with Crippen LogP contribution >= 0.6 is 15.9 Å². The van der Waals surface area contributed by atoms with Gasteiger partial charge in [0.05, 0.1) is 5.52 Å². The van der Waals surface area contributed by atoms with Crippen molar-refractivity contribution in [2.24, 2.45) is 0 Å². The van der Waals surface area contributed by atoms with Gasteiger partial charge in [-0.1, -0.05) is 39.2 Å². The molecular weight excluding hydrogens is 306 g/mol. The highest BCUT2D eigenvalue weighted by Gasteiger charge is 2.06. The van der Waals surface area contributed by atoms with Gasteiger partial charge in [0.15, 0.2) is 0 Å². The summed E-state index contributed by atoms with van der Waals surface area (Å²) in [6.07, 6.45) is 0. The molecule has 0 aliphatic carbocycles. The second-order valence-corrected chi connectivity index (χ2v) is 5.01. The number of hydrogen-bond acceptors (Lipinski definition) is 4. The Kier molecular flexibility index (Phi) is 3.13. The number of para-hydroxylation sites is 1. The van der Waals surface area contributed by atoms with Crippen molar-refractivity contribution in [1.29, 1.82) is 0 Å². The summed E-state index contributed by atoms with van der Waals surface area (Å²) in [4.78, 5) is 4.33. The number of ether oxygens (including phenoxy) is 1. The molecule has 0 aliphatic rings. The van der Waals surface area contributed by atoms with Crippen molar-refractivity contribution in [3.05, 3.63) is 52.5 Å². The van der Waals surface area contributed by atoms with Crippen LogP contribution in [0.2, 0.25) is 0 Å². The van der Waals surface area contributed by atoms with Crippen molar-refractivity contribution in [1.82, 2.24) is 15.2 Å². The fourth-order valence-corrected chi connectivity index (χ4v) is 2.03. The third kappa shape index (κ3) is 2.56. The minimum absolute atomic E-state index is 0.250. The van der Waals surface area contributed by atoms with Crippen LogP contribution in [0.15, 0.2) is 46.9 Å². The molecule has 0 aliphatic heterocycles. The summed E-state index contributed by atoms with van der Waals surface area (Å²) >= 11 is 3.41. The van der Waals surface area contributed by atoms with Gasteiger partial charge in [-0.3, -0.25) is 0 Å². The molecule has 0 bridgehead atoms. The summed E-state index contributed by atoms with van der Waals surface area (Å²) in [6.45, 7) is 1.97. The molecule has 1 heterocycles. The maximum Gasteiger partial charge on any atom is 0.341 e. The molecule has 0 saturated carbocycles. The van der Waals surface area contributed by atoms with E-state index >= 15 is 0 Å². The van der Waals surface area contributed by atoms with Crippen LogP contribution in [0.3, 0.4) is 0 Å². The summed E-state index contributed by atoms with van der Waals surface area (Å²) < 4.78 is 6.63. The lowest BCUT2D eigenvalue weighted by Crippen LogP contribution is -1.96. The fourth-order valence-electron chi connectivity index (χ4n) is 1.69. The maximum absolute atomic E-state index is 5.68. The molecule has 5 heteroatoms. The zero-order chi connectivity index (χ0) is 13.2. The smallest absolute Gasteiger partial charge is 0.341 e. The molecule has 0 fully saturated rings. The fraction of sp³-hybridized carbons (Fsp3) is 0.0714. The molecule has 3 rings (SSSR count). The highest BCUT2D eigenvalue weighted by atomic mass is 79.9. The van der Waals surface area contributed by atoms with Gasteiger partial charge in [0.2, 0.25) is 0 Å². The summed E-state index contributed by atoms with van der Waals surface area (Å²) in [5.74, 6) is 0.714. The molecule has 0 unspecified atom stereocenters. The first-order valence-corrected chi connectivity index (χ1v) is 6.55. The molecule has 4 nitrogen and oxygen atoms in total. The van der Waals surface area contributed by atoms with Crippen molar-refractivity contribution < 1.29 is 4.74 Å². The van der Waals surface area contributed by atoms with E-state index in [4.69, 9.17) is 4.74 Å². The molecule has 0 amide bonds. The molecule has 1 aromatic heterocycles. The van der Waals surface area contributed by atoms with Gasteiger partial charge in [-0.2, -0.15) is 4.98 Å². The van der Waals surface area contributed by atoms with Crippen molar-refractivity contribution >= 4 is 27.0 Å². The van der Waals surface area contributed by atoms with Crippen LogP contribution in [0.5, 0.6) is 11.8 Å². The zero-order valence-corrected chi connectivity index (χ0v) is 11.8. The van der Waals surface area contributed by atoms with E-state index in [0.717, 1.165) is 21.1 Å². The lowest BCUT2D eigenvalue weighted by Gasteiger charge is -2.07. The number of aryl methyl sites for hydroxylation is 1. The quantitative estimate of drug-likeness (QED) is 0.720. The van der Waals surface area contributed by atoms with Gasteiger partial charge in [0, 0.05) is 4.47 Å². The molecule has 0 spiro atoms. The molecule has 3 aromatic rings. The Balaban J connectivity index is 1.98. The highest BCUT2D eigenvalue weighted by Crippen LogP contribution is 2.26. The standard InChI is InChI=1S/C14H10BrN3O/c1-9-6-7-10(15)8-13(9)19-14-16-11-4-2-3-5-12(11)17-18-14/h2-8H,1H3. The van der Waals surface area contributed by atoms with E-state index in [-0.39, 0.29) is 6.01 Å². The Morgan fingerprint density at radius 3 is 2.63 bits per heavy atom. The number of benzene rings is 2. The molecule has 0 N–H and O–H groups in total. The Morgan fingerprint density at radius 1 is 1.00 bits per heavy atom. The van der Waals surface area contributed by atoms with E-state index in [9.17, 15) is 0 Å². The van der Waals surface area contributed by atoms with Crippen LogP contribution < -0.4 is 4.74 Å². The third-order valence-electron chi connectivity index (χ3n) is 2.69. The van der Waals surface area contributed by atoms with Gasteiger partial charge in [0.1, 0.15) is 11.3 Å². The van der Waals surface area contributed by atoms with Gasteiger partial charge in [0.25, 0.3) is 0 Å². The van der Waals surface area contributed by atoms with Gasteiger partial charge >= 0.3 is 6.01 Å². The van der Waals surface area contributed by atoms with Gasteiger partial charge in [-0.05, 0) is 36.8 Å². The van der Waals surface area contributed by atoms with Crippen molar-refractivity contribution in [3.63, 3.8) is 0 Å². The number of nitrogens with zero attached hydrogens (tertiary/aromatic N) is 3. The van der Waals surface area contributed by atoms with E-state index in [1.54, 1.807) is 0 Å². The van der Waals surface area contributed by atoms with Crippen LogP contribution in [0.1, 0.15) is 5.56 Å². The second-order valence-electron chi connectivity index (χ2n) is 4.09. The van der Waals surface area contributed by atoms with Crippen LogP contribution in [-0.4, -0.2) is 15.2 Å². The van der Waals surface area contributed by atoms with Crippen molar-refractivity contribution in [2.75, 3.05) is 0 Å². The third-order valence-corrected chi connectivity index (χ3v) is 3.19. The molecule has 0 radical (unpaired) electrons. The molecule has 19 heavy (non-hydrogen) atoms.